The van der Waals surface area contributed by atoms with Crippen molar-refractivity contribution in [1.29, 1.82) is 0 Å². The molecule has 0 aliphatic rings. The van der Waals surface area contributed by atoms with Crippen LogP contribution < -0.4 is 0 Å². The average Bonchev–Trinajstić information content (AvgIpc) is 1.96. The molecule has 0 amide bonds. The normalized spacial score (nSPS) is 9.40. The van der Waals surface area contributed by atoms with Crippen LogP contribution in [0.5, 0.6) is 0 Å². The van der Waals surface area contributed by atoms with Crippen LogP contribution in [0.1, 0.15) is 13.8 Å². The number of rotatable bonds is 1. The first-order valence-electron chi connectivity index (χ1n) is 3.37. The predicted octanol–water partition coefficient (Wildman–Crippen LogP) is -0.345. The smallest absolute Gasteiger partial charge is 0.303 e. The number of phosphoric acid groups is 1. The predicted molar refractivity (Wildman–Crippen MR) is 46.9 cm³/mol. The Bertz CT molecular complexity index is 281. The maximum absolute atomic E-state index is 10.4. The van der Waals surface area contributed by atoms with E-state index in [1.165, 1.54) is 6.92 Å². The number of carbonyl (C=O) groups is 2. The van der Waals surface area contributed by atoms with Crippen molar-refractivity contribution in [1.82, 2.24) is 0 Å². The summed E-state index contributed by atoms with van der Waals surface area (Å²) in [5.74, 6) is -1.41. The Hall–Kier alpha value is -1.21. The van der Waals surface area contributed by atoms with E-state index < -0.39 is 19.8 Å². The van der Waals surface area contributed by atoms with Crippen molar-refractivity contribution in [2.75, 3.05) is 0 Å². The van der Waals surface area contributed by atoms with Crippen LogP contribution in [-0.4, -0.2) is 26.6 Å². The summed E-state index contributed by atoms with van der Waals surface area (Å²) in [6.45, 7) is 5.85. The van der Waals surface area contributed by atoms with Crippen molar-refractivity contribution in [3.63, 3.8) is 0 Å². The van der Waals surface area contributed by atoms with Gasteiger partial charge in [0.2, 0.25) is 0 Å². The molecule has 0 aromatic carbocycles. The summed E-state index contributed by atoms with van der Waals surface area (Å²) in [6.07, 6.45) is 0. The van der Waals surface area contributed by atoms with Crippen molar-refractivity contribution >= 4 is 19.8 Å². The number of hydrogen-bond acceptors (Lipinski definition) is 5. The van der Waals surface area contributed by atoms with E-state index in [-0.39, 0.29) is 5.57 Å². The first-order chi connectivity index (χ1) is 6.54. The second-order valence-corrected chi connectivity index (χ2v) is 3.27. The fourth-order valence-electron chi connectivity index (χ4n) is 0.168. The van der Waals surface area contributed by atoms with Gasteiger partial charge in [-0.05, 0) is 6.92 Å². The van der Waals surface area contributed by atoms with E-state index in [0.717, 1.165) is 6.92 Å². The highest BCUT2D eigenvalue weighted by Gasteiger charge is 2.05. The van der Waals surface area contributed by atoms with Gasteiger partial charge in [-0.2, -0.15) is 0 Å². The van der Waals surface area contributed by atoms with Gasteiger partial charge in [0, 0.05) is 12.5 Å². The van der Waals surface area contributed by atoms with E-state index in [0.29, 0.717) is 0 Å². The van der Waals surface area contributed by atoms with Gasteiger partial charge in [-0.25, -0.2) is 23.9 Å². The minimum atomic E-state index is -4.64. The molecule has 0 aliphatic carbocycles. The van der Waals surface area contributed by atoms with Crippen molar-refractivity contribution in [2.45, 2.75) is 13.8 Å². The summed E-state index contributed by atoms with van der Waals surface area (Å²) in [4.78, 5) is 49.9. The van der Waals surface area contributed by atoms with E-state index in [2.05, 4.69) is 16.4 Å². The Morgan fingerprint density at radius 1 is 1.13 bits per heavy atom. The van der Waals surface area contributed by atoms with E-state index in [4.69, 9.17) is 19.2 Å². The van der Waals surface area contributed by atoms with Gasteiger partial charge in [-0.1, -0.05) is 6.58 Å². The third-order valence-electron chi connectivity index (χ3n) is 0.583. The highest BCUT2D eigenvalue weighted by Crippen LogP contribution is 2.25. The summed E-state index contributed by atoms with van der Waals surface area (Å²) in [5, 5.41) is 0. The first kappa shape index (κ1) is 16.2. The lowest BCUT2D eigenvalue weighted by molar-refractivity contribution is -0.253. The van der Waals surface area contributed by atoms with Crippen LogP contribution in [0, 0.1) is 0 Å². The molecule has 0 aliphatic heterocycles. The van der Waals surface area contributed by atoms with Crippen LogP contribution in [0.15, 0.2) is 12.2 Å². The summed E-state index contributed by atoms with van der Waals surface area (Å²) in [6, 6.07) is 0. The van der Waals surface area contributed by atoms with Crippen LogP contribution in [0.2, 0.25) is 0 Å². The highest BCUT2D eigenvalue weighted by atomic mass is 31.2. The topological polar surface area (TPSA) is 130 Å². The van der Waals surface area contributed by atoms with Crippen molar-refractivity contribution in [2.24, 2.45) is 0 Å². The van der Waals surface area contributed by atoms with E-state index in [1.807, 2.05) is 0 Å². The Balaban J connectivity index is 0. The number of hydrogen-bond donors (Lipinski definition) is 3. The highest BCUT2D eigenvalue weighted by molar-refractivity contribution is 7.45. The van der Waals surface area contributed by atoms with E-state index in [9.17, 15) is 9.59 Å². The third-order valence-corrected chi connectivity index (χ3v) is 0.583. The summed E-state index contributed by atoms with van der Waals surface area (Å²) in [5.41, 5.74) is 0.182. The van der Waals surface area contributed by atoms with Crippen LogP contribution in [0.25, 0.3) is 0 Å². The molecule has 0 radical (unpaired) electrons. The van der Waals surface area contributed by atoms with Gasteiger partial charge in [0.1, 0.15) is 0 Å². The van der Waals surface area contributed by atoms with Crippen LogP contribution in [-0.2, 0) is 23.9 Å². The minimum absolute atomic E-state index is 0.182. The monoisotopic (exact) mass is 242 g/mol. The molecule has 0 aromatic heterocycles. The molecule has 0 heterocycles. The van der Waals surface area contributed by atoms with Crippen LogP contribution in [0.3, 0.4) is 0 Å². The lowest BCUT2D eigenvalue weighted by atomic mass is 10.4. The Morgan fingerprint density at radius 2 is 1.47 bits per heavy atom. The Morgan fingerprint density at radius 3 is 1.67 bits per heavy atom. The molecule has 0 atom stereocenters. The van der Waals surface area contributed by atoms with Crippen molar-refractivity contribution in [3.05, 3.63) is 12.2 Å². The zero-order valence-electron chi connectivity index (χ0n) is 8.04. The van der Waals surface area contributed by atoms with Gasteiger partial charge in [-0.3, -0.25) is 0 Å². The molecule has 0 unspecified atom stereocenters. The average molecular weight is 242 g/mol. The zero-order chi connectivity index (χ0) is 12.6. The Kier molecular flexibility index (Phi) is 7.71. The van der Waals surface area contributed by atoms with Gasteiger partial charge in [0.05, 0.1) is 0 Å². The second kappa shape index (κ2) is 7.13. The van der Waals surface area contributed by atoms with E-state index >= 15 is 0 Å². The molecular weight excluding hydrogens is 231 g/mol. The molecule has 0 bridgehead atoms. The molecule has 8 nitrogen and oxygen atoms in total. The van der Waals surface area contributed by atoms with Gasteiger partial charge in [0.15, 0.2) is 0 Å². The lowest BCUT2D eigenvalue weighted by Gasteiger charge is -1.97. The van der Waals surface area contributed by atoms with Gasteiger partial charge >= 0.3 is 19.8 Å². The molecule has 0 rings (SSSR count). The molecule has 3 N–H and O–H groups in total. The molecule has 0 spiro atoms. The lowest BCUT2D eigenvalue weighted by Crippen LogP contribution is -2.08. The fourth-order valence-corrected chi connectivity index (χ4v) is 0.168. The largest absolute Gasteiger partial charge is 0.466 e. The van der Waals surface area contributed by atoms with Crippen LogP contribution >= 0.6 is 7.82 Å². The molecular formula is C6H11O8P. The standard InChI is InChI=1S/C6H8O4.H3O4P/c1-4(2)6(8)10-9-5(3)7;1-5(2,3)4/h1H2,2-3H3;(H3,1,2,3,4). The minimum Gasteiger partial charge on any atom is -0.303 e. The summed E-state index contributed by atoms with van der Waals surface area (Å²) < 4.78 is 8.88. The molecule has 0 fully saturated rings. The molecule has 0 saturated heterocycles. The number of carbonyl (C=O) groups excluding carboxylic acids is 2. The maximum atomic E-state index is 10.4. The van der Waals surface area contributed by atoms with Crippen LogP contribution in [0.4, 0.5) is 0 Å². The molecule has 15 heavy (non-hydrogen) atoms. The summed E-state index contributed by atoms with van der Waals surface area (Å²) >= 11 is 0. The van der Waals surface area contributed by atoms with Crippen molar-refractivity contribution < 1.29 is 38.6 Å². The first-order valence-corrected chi connectivity index (χ1v) is 4.93. The third kappa shape index (κ3) is 24.5. The molecule has 0 aromatic rings. The van der Waals surface area contributed by atoms with Gasteiger partial charge in [0.25, 0.3) is 0 Å². The van der Waals surface area contributed by atoms with Crippen molar-refractivity contribution in [3.8, 4) is 0 Å². The molecule has 0 saturated carbocycles. The maximum Gasteiger partial charge on any atom is 0.466 e. The fraction of sp³-hybridized carbons (Fsp3) is 0.333. The Labute approximate surface area is 85.3 Å². The molecule has 9 heteroatoms. The zero-order valence-corrected chi connectivity index (χ0v) is 8.93. The second-order valence-electron chi connectivity index (χ2n) is 2.24. The quantitative estimate of drug-likeness (QED) is 0.246. The summed E-state index contributed by atoms with van der Waals surface area (Å²) in [7, 11) is -4.64. The SMILES string of the molecule is C=C(C)C(=O)OOC(C)=O.O=P(O)(O)O. The molecule has 88 valence electrons. The van der Waals surface area contributed by atoms with E-state index in [1.54, 1.807) is 0 Å². The van der Waals surface area contributed by atoms with Gasteiger partial charge < -0.3 is 14.7 Å². The van der Waals surface area contributed by atoms with Gasteiger partial charge in [-0.15, -0.1) is 0 Å².